The van der Waals surface area contributed by atoms with Crippen LogP contribution in [0, 0.1) is 0 Å². The van der Waals surface area contributed by atoms with Gasteiger partial charge in [-0.05, 0) is 62.2 Å². The summed E-state index contributed by atoms with van der Waals surface area (Å²) in [6.45, 7) is 7.10. The number of likely N-dealkylation sites (tertiary alicyclic amines) is 1. The molecular formula is C27H31N3O2. The third-order valence-electron chi connectivity index (χ3n) is 5.69. The summed E-state index contributed by atoms with van der Waals surface area (Å²) in [5, 5.41) is 3.40. The van der Waals surface area contributed by atoms with Crippen LogP contribution in [0.15, 0.2) is 79.5 Å². The molecule has 0 unspecified atom stereocenters. The predicted molar refractivity (Wildman–Crippen MR) is 129 cm³/mol. The van der Waals surface area contributed by atoms with Crippen LogP contribution in [0.1, 0.15) is 24.0 Å². The van der Waals surface area contributed by atoms with Crippen LogP contribution in [-0.2, 0) is 6.42 Å². The van der Waals surface area contributed by atoms with Gasteiger partial charge in [-0.2, -0.15) is 0 Å². The van der Waals surface area contributed by atoms with E-state index in [1.54, 1.807) is 0 Å². The molecule has 0 atom stereocenters. The molecule has 2 heterocycles. The third kappa shape index (κ3) is 6.34. The van der Waals surface area contributed by atoms with E-state index >= 15 is 0 Å². The van der Waals surface area contributed by atoms with E-state index in [0.717, 1.165) is 61.7 Å². The van der Waals surface area contributed by atoms with E-state index in [2.05, 4.69) is 41.0 Å². The van der Waals surface area contributed by atoms with Crippen molar-refractivity contribution in [2.24, 2.45) is 0 Å². The van der Waals surface area contributed by atoms with Crippen LogP contribution in [0.25, 0.3) is 5.70 Å². The molecule has 32 heavy (non-hydrogen) atoms. The van der Waals surface area contributed by atoms with Gasteiger partial charge in [-0.15, -0.1) is 0 Å². The van der Waals surface area contributed by atoms with E-state index in [1.165, 1.54) is 5.56 Å². The van der Waals surface area contributed by atoms with Gasteiger partial charge in [0.2, 0.25) is 5.88 Å². The summed E-state index contributed by atoms with van der Waals surface area (Å²) < 4.78 is 11.9. The first-order chi connectivity index (χ1) is 15.7. The van der Waals surface area contributed by atoms with Crippen LogP contribution in [0.5, 0.6) is 17.4 Å². The first kappa shape index (κ1) is 21.9. The van der Waals surface area contributed by atoms with Gasteiger partial charge >= 0.3 is 0 Å². The zero-order valence-electron chi connectivity index (χ0n) is 18.7. The lowest BCUT2D eigenvalue weighted by atomic mass is 10.1. The number of pyridine rings is 1. The maximum atomic E-state index is 6.03. The van der Waals surface area contributed by atoms with Gasteiger partial charge < -0.3 is 19.7 Å². The van der Waals surface area contributed by atoms with E-state index in [-0.39, 0.29) is 6.10 Å². The second-order valence-corrected chi connectivity index (χ2v) is 8.22. The molecule has 3 aromatic rings. The fourth-order valence-electron chi connectivity index (χ4n) is 3.71. The second-order valence-electron chi connectivity index (χ2n) is 8.22. The molecule has 0 bridgehead atoms. The summed E-state index contributed by atoms with van der Waals surface area (Å²) in [5.74, 6) is 2.37. The lowest BCUT2D eigenvalue weighted by molar-refractivity contribution is 0.110. The monoisotopic (exact) mass is 429 g/mol. The summed E-state index contributed by atoms with van der Waals surface area (Å²) in [4.78, 5) is 6.80. The van der Waals surface area contributed by atoms with Crippen molar-refractivity contribution < 1.29 is 9.47 Å². The van der Waals surface area contributed by atoms with Crippen molar-refractivity contribution in [3.63, 3.8) is 0 Å². The van der Waals surface area contributed by atoms with Crippen molar-refractivity contribution in [2.75, 3.05) is 26.7 Å². The molecule has 0 amide bonds. The van der Waals surface area contributed by atoms with E-state index in [4.69, 9.17) is 9.47 Å². The minimum absolute atomic E-state index is 0.260. The SMILES string of the molecule is C=C(NCCc1ccc(Oc2ccccc2)cc1)c1ccc(OC2CCN(C)CC2)nc1. The number of benzene rings is 2. The van der Waals surface area contributed by atoms with Crippen LogP contribution in [0.2, 0.25) is 0 Å². The predicted octanol–water partition coefficient (Wildman–Crippen LogP) is 5.15. The van der Waals surface area contributed by atoms with Crippen LogP contribution in [0.3, 0.4) is 0 Å². The molecule has 4 rings (SSSR count). The largest absolute Gasteiger partial charge is 0.474 e. The number of ether oxygens (including phenoxy) is 2. The topological polar surface area (TPSA) is 46.6 Å². The molecule has 0 aliphatic carbocycles. The molecular weight excluding hydrogens is 398 g/mol. The average molecular weight is 430 g/mol. The van der Waals surface area contributed by atoms with Crippen LogP contribution >= 0.6 is 0 Å². The summed E-state index contributed by atoms with van der Waals surface area (Å²) >= 11 is 0. The summed E-state index contributed by atoms with van der Waals surface area (Å²) in [6.07, 6.45) is 5.08. The number of nitrogens with one attached hydrogen (secondary N) is 1. The van der Waals surface area contributed by atoms with Gasteiger partial charge in [-0.1, -0.05) is 36.9 Å². The molecule has 1 aliphatic rings. The van der Waals surface area contributed by atoms with Crippen molar-refractivity contribution in [2.45, 2.75) is 25.4 Å². The molecule has 1 saturated heterocycles. The van der Waals surface area contributed by atoms with Crippen LogP contribution in [0.4, 0.5) is 0 Å². The summed E-state index contributed by atoms with van der Waals surface area (Å²) in [6, 6.07) is 22.0. The number of nitrogens with zero attached hydrogens (tertiary/aromatic N) is 2. The zero-order valence-corrected chi connectivity index (χ0v) is 18.7. The van der Waals surface area contributed by atoms with Gasteiger partial charge in [0.15, 0.2) is 0 Å². The molecule has 1 N–H and O–H groups in total. The van der Waals surface area contributed by atoms with Crippen molar-refractivity contribution in [1.82, 2.24) is 15.2 Å². The number of hydrogen-bond donors (Lipinski definition) is 1. The molecule has 5 nitrogen and oxygen atoms in total. The molecule has 5 heteroatoms. The highest BCUT2D eigenvalue weighted by Crippen LogP contribution is 2.21. The molecule has 0 spiro atoms. The number of aromatic nitrogens is 1. The minimum Gasteiger partial charge on any atom is -0.474 e. The third-order valence-corrected chi connectivity index (χ3v) is 5.69. The Morgan fingerprint density at radius 2 is 1.72 bits per heavy atom. The first-order valence-electron chi connectivity index (χ1n) is 11.2. The molecule has 0 saturated carbocycles. The van der Waals surface area contributed by atoms with E-state index in [0.29, 0.717) is 5.88 Å². The fourth-order valence-corrected chi connectivity index (χ4v) is 3.71. The minimum atomic E-state index is 0.260. The zero-order chi connectivity index (χ0) is 22.2. The fraction of sp³-hybridized carbons (Fsp3) is 0.296. The normalized spacial score (nSPS) is 14.7. The van der Waals surface area contributed by atoms with E-state index < -0.39 is 0 Å². The van der Waals surface area contributed by atoms with Crippen molar-refractivity contribution in [1.29, 1.82) is 0 Å². The van der Waals surface area contributed by atoms with Crippen LogP contribution < -0.4 is 14.8 Å². The van der Waals surface area contributed by atoms with Gasteiger partial charge in [-0.25, -0.2) is 4.98 Å². The Labute approximate surface area is 190 Å². The lowest BCUT2D eigenvalue weighted by Crippen LogP contribution is -2.35. The molecule has 2 aromatic carbocycles. The van der Waals surface area contributed by atoms with E-state index in [1.807, 2.05) is 60.8 Å². The maximum Gasteiger partial charge on any atom is 0.213 e. The quantitative estimate of drug-likeness (QED) is 0.510. The van der Waals surface area contributed by atoms with Crippen LogP contribution in [-0.4, -0.2) is 42.7 Å². The Hall–Kier alpha value is -3.31. The van der Waals surface area contributed by atoms with Gasteiger partial charge in [0.25, 0.3) is 0 Å². The Morgan fingerprint density at radius 1 is 1.00 bits per heavy atom. The Balaban J connectivity index is 1.20. The van der Waals surface area contributed by atoms with Gasteiger partial charge in [0, 0.05) is 43.2 Å². The second kappa shape index (κ2) is 10.8. The molecule has 1 fully saturated rings. The highest BCUT2D eigenvalue weighted by Gasteiger charge is 2.18. The smallest absolute Gasteiger partial charge is 0.213 e. The Bertz CT molecular complexity index is 980. The molecule has 166 valence electrons. The number of para-hydroxylation sites is 1. The molecule has 0 radical (unpaired) electrons. The summed E-state index contributed by atoms with van der Waals surface area (Å²) in [7, 11) is 2.15. The Morgan fingerprint density at radius 3 is 2.41 bits per heavy atom. The highest BCUT2D eigenvalue weighted by atomic mass is 16.5. The van der Waals surface area contributed by atoms with Gasteiger partial charge in [0.1, 0.15) is 17.6 Å². The average Bonchev–Trinajstić information content (AvgIpc) is 2.83. The number of piperidine rings is 1. The Kier molecular flexibility index (Phi) is 7.41. The van der Waals surface area contributed by atoms with Gasteiger partial charge in [-0.3, -0.25) is 0 Å². The number of hydrogen-bond acceptors (Lipinski definition) is 5. The van der Waals surface area contributed by atoms with E-state index in [9.17, 15) is 0 Å². The lowest BCUT2D eigenvalue weighted by Gasteiger charge is -2.28. The molecule has 1 aliphatic heterocycles. The summed E-state index contributed by atoms with van der Waals surface area (Å²) in [5.41, 5.74) is 3.09. The van der Waals surface area contributed by atoms with Crippen molar-refractivity contribution in [3.05, 3.63) is 90.6 Å². The van der Waals surface area contributed by atoms with Gasteiger partial charge in [0.05, 0.1) is 0 Å². The standard InChI is InChI=1S/C27H31N3O2/c1-21(23-10-13-27(29-20-23)32-26-15-18-30(2)19-16-26)28-17-14-22-8-11-25(12-9-22)31-24-6-4-3-5-7-24/h3-13,20,26,28H,1,14-19H2,2H3. The van der Waals surface area contributed by atoms with Crippen molar-refractivity contribution in [3.8, 4) is 17.4 Å². The first-order valence-corrected chi connectivity index (χ1v) is 11.2. The highest BCUT2D eigenvalue weighted by molar-refractivity contribution is 5.60. The molecule has 1 aromatic heterocycles. The maximum absolute atomic E-state index is 6.03. The van der Waals surface area contributed by atoms with Crippen molar-refractivity contribution >= 4 is 5.70 Å². The number of rotatable bonds is 9.